The summed E-state index contributed by atoms with van der Waals surface area (Å²) >= 11 is 0. The summed E-state index contributed by atoms with van der Waals surface area (Å²) in [7, 11) is 1.73. The Morgan fingerprint density at radius 1 is 1.32 bits per heavy atom. The van der Waals surface area contributed by atoms with Gasteiger partial charge in [-0.2, -0.15) is 0 Å². The van der Waals surface area contributed by atoms with Gasteiger partial charge in [0.05, 0.1) is 25.7 Å². The minimum absolute atomic E-state index is 0.178. The normalized spacial score (nSPS) is 25.7. The second-order valence-corrected chi connectivity index (χ2v) is 5.84. The van der Waals surface area contributed by atoms with Gasteiger partial charge in [0.1, 0.15) is 5.75 Å². The van der Waals surface area contributed by atoms with Gasteiger partial charge < -0.3 is 14.8 Å². The van der Waals surface area contributed by atoms with Crippen molar-refractivity contribution in [2.45, 2.75) is 37.6 Å². The summed E-state index contributed by atoms with van der Waals surface area (Å²) in [5.74, 6) is 0.968. The van der Waals surface area contributed by atoms with Crippen molar-refractivity contribution >= 4 is 0 Å². The number of methoxy groups -OCH3 is 1. The second-order valence-electron chi connectivity index (χ2n) is 5.84. The maximum Gasteiger partial charge on any atom is 0.121 e. The van der Waals surface area contributed by atoms with Gasteiger partial charge in [-0.1, -0.05) is 18.6 Å². The summed E-state index contributed by atoms with van der Waals surface area (Å²) in [6.07, 6.45) is 3.89. The molecule has 1 atom stereocenters. The van der Waals surface area contributed by atoms with E-state index in [2.05, 4.69) is 30.4 Å². The molecule has 3 heteroatoms. The molecule has 1 N–H and O–H groups in total. The summed E-state index contributed by atoms with van der Waals surface area (Å²) in [6.45, 7) is 4.94. The summed E-state index contributed by atoms with van der Waals surface area (Å²) in [6, 6.07) is 7.14. The summed E-state index contributed by atoms with van der Waals surface area (Å²) < 4.78 is 10.9. The van der Waals surface area contributed by atoms with Crippen molar-refractivity contribution < 1.29 is 9.47 Å². The van der Waals surface area contributed by atoms with Crippen LogP contribution in [0.1, 0.15) is 30.4 Å². The zero-order chi connectivity index (χ0) is 13.3. The fourth-order valence-corrected chi connectivity index (χ4v) is 3.40. The third-order valence-corrected chi connectivity index (χ3v) is 4.67. The Labute approximate surface area is 115 Å². The molecule has 1 aromatic rings. The van der Waals surface area contributed by atoms with Gasteiger partial charge in [-0.05, 0) is 43.5 Å². The van der Waals surface area contributed by atoms with Gasteiger partial charge in [-0.3, -0.25) is 0 Å². The number of rotatable bonds is 3. The van der Waals surface area contributed by atoms with Gasteiger partial charge >= 0.3 is 0 Å². The molecule has 0 bridgehead atoms. The molecule has 3 nitrogen and oxygen atoms in total. The Hall–Kier alpha value is -1.06. The molecule has 0 amide bonds. The van der Waals surface area contributed by atoms with Crippen molar-refractivity contribution in [1.29, 1.82) is 0 Å². The Morgan fingerprint density at radius 3 is 2.68 bits per heavy atom. The molecule has 0 spiro atoms. The third-order valence-electron chi connectivity index (χ3n) is 4.67. The smallest absolute Gasteiger partial charge is 0.121 e. The molecule has 0 aromatic heterocycles. The number of nitrogens with one attached hydrogen (secondary N) is 1. The first-order chi connectivity index (χ1) is 9.26. The minimum Gasteiger partial charge on any atom is -0.496 e. The maximum atomic E-state index is 5.57. The average molecular weight is 261 g/mol. The number of ether oxygens (including phenoxy) is 2. The highest BCUT2D eigenvalue weighted by atomic mass is 16.5. The number of aryl methyl sites for hydroxylation is 1. The molecule has 2 aliphatic heterocycles. The van der Waals surface area contributed by atoms with Gasteiger partial charge in [0.25, 0.3) is 0 Å². The average Bonchev–Trinajstić information content (AvgIpc) is 2.39. The van der Waals surface area contributed by atoms with Crippen molar-refractivity contribution in [3.05, 3.63) is 29.3 Å². The fourth-order valence-electron chi connectivity index (χ4n) is 3.40. The lowest BCUT2D eigenvalue weighted by Crippen LogP contribution is -2.61. The number of hydrogen-bond donors (Lipinski definition) is 1. The molecule has 1 aromatic carbocycles. The molecule has 0 saturated carbocycles. The molecule has 0 radical (unpaired) electrons. The summed E-state index contributed by atoms with van der Waals surface area (Å²) in [5.41, 5.74) is 2.79. The van der Waals surface area contributed by atoms with Crippen LogP contribution in [0.25, 0.3) is 0 Å². The van der Waals surface area contributed by atoms with Gasteiger partial charge in [0.15, 0.2) is 0 Å². The minimum atomic E-state index is 0.178. The molecule has 2 heterocycles. The van der Waals surface area contributed by atoms with Gasteiger partial charge in [-0.25, -0.2) is 0 Å². The number of hydrogen-bond acceptors (Lipinski definition) is 3. The molecule has 0 aliphatic carbocycles. The van der Waals surface area contributed by atoms with Crippen molar-refractivity contribution in [1.82, 2.24) is 5.32 Å². The Bertz CT molecular complexity index is 448. The van der Waals surface area contributed by atoms with Crippen LogP contribution in [0, 0.1) is 6.92 Å². The molecule has 2 fully saturated rings. The number of benzene rings is 1. The lowest BCUT2D eigenvalue weighted by Gasteiger charge is -2.49. The second kappa shape index (κ2) is 5.14. The molecule has 2 saturated heterocycles. The van der Waals surface area contributed by atoms with E-state index in [1.54, 1.807) is 7.11 Å². The monoisotopic (exact) mass is 261 g/mol. The SMILES string of the molecule is COc1ccc(C2(C3CCCCN3)COC2)cc1C. The predicted molar refractivity (Wildman–Crippen MR) is 75.9 cm³/mol. The van der Waals surface area contributed by atoms with Crippen LogP contribution in [0.5, 0.6) is 5.75 Å². The maximum absolute atomic E-state index is 5.57. The quantitative estimate of drug-likeness (QED) is 0.906. The highest BCUT2D eigenvalue weighted by molar-refractivity contribution is 5.41. The van der Waals surface area contributed by atoms with Gasteiger partial charge in [-0.15, -0.1) is 0 Å². The van der Waals surface area contributed by atoms with Crippen molar-refractivity contribution in [3.8, 4) is 5.75 Å². The van der Waals surface area contributed by atoms with E-state index in [-0.39, 0.29) is 5.41 Å². The van der Waals surface area contributed by atoms with E-state index in [0.29, 0.717) is 6.04 Å². The Morgan fingerprint density at radius 2 is 2.16 bits per heavy atom. The molecule has 2 aliphatic rings. The Kier molecular flexibility index (Phi) is 3.50. The van der Waals surface area contributed by atoms with Crippen LogP contribution in [-0.2, 0) is 10.2 Å². The van der Waals surface area contributed by atoms with Crippen molar-refractivity contribution in [2.75, 3.05) is 26.9 Å². The largest absolute Gasteiger partial charge is 0.496 e. The van der Waals surface area contributed by atoms with Crippen LogP contribution in [0.4, 0.5) is 0 Å². The van der Waals surface area contributed by atoms with E-state index in [1.807, 2.05) is 0 Å². The zero-order valence-corrected chi connectivity index (χ0v) is 11.9. The van der Waals surface area contributed by atoms with E-state index in [4.69, 9.17) is 9.47 Å². The Balaban J connectivity index is 1.90. The van der Waals surface area contributed by atoms with Gasteiger partial charge in [0, 0.05) is 6.04 Å². The molecule has 19 heavy (non-hydrogen) atoms. The standard InChI is InChI=1S/C16H23NO2/c1-12-9-13(6-7-14(12)18-2)16(10-19-11-16)15-5-3-4-8-17-15/h6-7,9,15,17H,3-5,8,10-11H2,1-2H3. The van der Waals surface area contributed by atoms with E-state index < -0.39 is 0 Å². The topological polar surface area (TPSA) is 30.5 Å². The molecule has 1 unspecified atom stereocenters. The zero-order valence-electron chi connectivity index (χ0n) is 11.9. The lowest BCUT2D eigenvalue weighted by atomic mass is 9.69. The van der Waals surface area contributed by atoms with E-state index in [9.17, 15) is 0 Å². The summed E-state index contributed by atoms with van der Waals surface area (Å²) in [4.78, 5) is 0. The van der Waals surface area contributed by atoms with Crippen LogP contribution in [0.2, 0.25) is 0 Å². The van der Waals surface area contributed by atoms with E-state index in [0.717, 1.165) is 25.5 Å². The van der Waals surface area contributed by atoms with Crippen molar-refractivity contribution in [3.63, 3.8) is 0 Å². The highest BCUT2D eigenvalue weighted by Gasteiger charge is 2.47. The molecule has 104 valence electrons. The van der Waals surface area contributed by atoms with Crippen LogP contribution in [-0.4, -0.2) is 32.9 Å². The van der Waals surface area contributed by atoms with Crippen LogP contribution < -0.4 is 10.1 Å². The fraction of sp³-hybridized carbons (Fsp3) is 0.625. The van der Waals surface area contributed by atoms with Crippen LogP contribution >= 0.6 is 0 Å². The molecular weight excluding hydrogens is 238 g/mol. The summed E-state index contributed by atoms with van der Waals surface area (Å²) in [5, 5.41) is 3.70. The van der Waals surface area contributed by atoms with E-state index in [1.165, 1.54) is 30.4 Å². The first-order valence-corrected chi connectivity index (χ1v) is 7.22. The number of piperidine rings is 1. The first kappa shape index (κ1) is 12.9. The molecular formula is C16H23NO2. The lowest BCUT2D eigenvalue weighted by molar-refractivity contribution is -0.0827. The van der Waals surface area contributed by atoms with Crippen LogP contribution in [0.15, 0.2) is 18.2 Å². The van der Waals surface area contributed by atoms with E-state index >= 15 is 0 Å². The van der Waals surface area contributed by atoms with Gasteiger partial charge in [0.2, 0.25) is 0 Å². The van der Waals surface area contributed by atoms with Crippen LogP contribution in [0.3, 0.4) is 0 Å². The molecule has 3 rings (SSSR count). The first-order valence-electron chi connectivity index (χ1n) is 7.22. The third kappa shape index (κ3) is 2.15. The predicted octanol–water partition coefficient (Wildman–Crippen LogP) is 2.41. The van der Waals surface area contributed by atoms with Crippen molar-refractivity contribution in [2.24, 2.45) is 0 Å². The highest BCUT2D eigenvalue weighted by Crippen LogP contribution is 2.40.